The van der Waals surface area contributed by atoms with Crippen LogP contribution in [0.1, 0.15) is 15.9 Å². The van der Waals surface area contributed by atoms with Gasteiger partial charge < -0.3 is 14.4 Å². The molecule has 1 aliphatic rings. The van der Waals surface area contributed by atoms with Crippen LogP contribution < -0.4 is 0 Å². The lowest BCUT2D eigenvalue weighted by atomic mass is 10.0. The summed E-state index contributed by atoms with van der Waals surface area (Å²) in [7, 11) is 1.13. The molecule has 0 N–H and O–H groups in total. The van der Waals surface area contributed by atoms with Crippen LogP contribution in [0.4, 0.5) is 17.6 Å². The zero-order chi connectivity index (χ0) is 17.2. The van der Waals surface area contributed by atoms with Crippen molar-refractivity contribution in [3.63, 3.8) is 0 Å². The minimum atomic E-state index is -4.87. The van der Waals surface area contributed by atoms with Gasteiger partial charge in [0.25, 0.3) is 5.91 Å². The number of alkyl halides is 3. The molecule has 1 aromatic carbocycles. The lowest BCUT2D eigenvalue weighted by Crippen LogP contribution is -2.49. The SMILES string of the molecule is COC(=O)[C@@H]1CN(C(=O)c2ccc(F)cc2C(F)(F)F)CCO1. The van der Waals surface area contributed by atoms with Crippen molar-refractivity contribution in [2.75, 3.05) is 26.8 Å². The molecule has 1 saturated heterocycles. The number of hydrogen-bond donors (Lipinski definition) is 0. The number of hydrogen-bond acceptors (Lipinski definition) is 4. The number of methoxy groups -OCH3 is 1. The van der Waals surface area contributed by atoms with Crippen LogP contribution in [0.5, 0.6) is 0 Å². The number of carbonyl (C=O) groups is 2. The van der Waals surface area contributed by atoms with Gasteiger partial charge in [-0.1, -0.05) is 0 Å². The van der Waals surface area contributed by atoms with E-state index < -0.39 is 41.1 Å². The van der Waals surface area contributed by atoms with Gasteiger partial charge in [-0.2, -0.15) is 13.2 Å². The highest BCUT2D eigenvalue weighted by Gasteiger charge is 2.38. The van der Waals surface area contributed by atoms with E-state index in [4.69, 9.17) is 4.74 Å². The van der Waals surface area contributed by atoms with Crippen molar-refractivity contribution in [3.8, 4) is 0 Å². The van der Waals surface area contributed by atoms with Crippen LogP contribution >= 0.6 is 0 Å². The van der Waals surface area contributed by atoms with E-state index in [0.29, 0.717) is 0 Å². The fourth-order valence-corrected chi connectivity index (χ4v) is 2.22. The highest BCUT2D eigenvalue weighted by Crippen LogP contribution is 2.33. The summed E-state index contributed by atoms with van der Waals surface area (Å²) in [6.07, 6.45) is -5.94. The summed E-state index contributed by atoms with van der Waals surface area (Å²) in [5.41, 5.74) is -2.03. The van der Waals surface area contributed by atoms with Crippen molar-refractivity contribution >= 4 is 11.9 Å². The second kappa shape index (κ2) is 6.53. The van der Waals surface area contributed by atoms with Crippen molar-refractivity contribution in [1.29, 1.82) is 0 Å². The smallest absolute Gasteiger partial charge is 0.417 e. The third kappa shape index (κ3) is 3.79. The first-order valence-corrected chi connectivity index (χ1v) is 6.59. The van der Waals surface area contributed by atoms with Crippen molar-refractivity contribution < 1.29 is 36.6 Å². The number of rotatable bonds is 2. The predicted octanol–water partition coefficient (Wildman–Crippen LogP) is 1.86. The number of benzene rings is 1. The Morgan fingerprint density at radius 3 is 2.65 bits per heavy atom. The van der Waals surface area contributed by atoms with E-state index in [1.54, 1.807) is 0 Å². The monoisotopic (exact) mass is 335 g/mol. The maximum absolute atomic E-state index is 13.1. The van der Waals surface area contributed by atoms with Crippen molar-refractivity contribution in [2.24, 2.45) is 0 Å². The Morgan fingerprint density at radius 1 is 1.35 bits per heavy atom. The van der Waals surface area contributed by atoms with Gasteiger partial charge in [0.1, 0.15) is 5.82 Å². The highest BCUT2D eigenvalue weighted by molar-refractivity contribution is 5.96. The van der Waals surface area contributed by atoms with E-state index >= 15 is 0 Å². The van der Waals surface area contributed by atoms with E-state index in [2.05, 4.69) is 4.74 Å². The standard InChI is InChI=1S/C14H13F4NO4/c1-22-13(21)11-7-19(4-5-23-11)12(20)9-3-2-8(15)6-10(9)14(16,17)18/h2-3,6,11H,4-5,7H2,1H3/t11-/m0/s1. The highest BCUT2D eigenvalue weighted by atomic mass is 19.4. The van der Waals surface area contributed by atoms with Crippen LogP contribution in [-0.4, -0.2) is 49.7 Å². The summed E-state index contributed by atoms with van der Waals surface area (Å²) in [5, 5.41) is 0. The molecule has 1 aliphatic heterocycles. The van der Waals surface area contributed by atoms with Crippen LogP contribution in [0, 0.1) is 5.82 Å². The Kier molecular flexibility index (Phi) is 4.88. The molecule has 1 aromatic rings. The number of morpholine rings is 1. The minimum absolute atomic E-state index is 0.0149. The van der Waals surface area contributed by atoms with Gasteiger partial charge in [0, 0.05) is 6.54 Å². The van der Waals surface area contributed by atoms with Crippen LogP contribution in [0.25, 0.3) is 0 Å². The Bertz CT molecular complexity index is 617. The Hall–Kier alpha value is -2.16. The summed E-state index contributed by atoms with van der Waals surface area (Å²) < 4.78 is 61.6. The average molecular weight is 335 g/mol. The number of halogens is 4. The first-order valence-electron chi connectivity index (χ1n) is 6.59. The molecule has 0 unspecified atom stereocenters. The third-order valence-corrected chi connectivity index (χ3v) is 3.34. The van der Waals surface area contributed by atoms with Gasteiger partial charge in [0.05, 0.1) is 31.4 Å². The van der Waals surface area contributed by atoms with Crippen LogP contribution in [0.15, 0.2) is 18.2 Å². The van der Waals surface area contributed by atoms with Gasteiger partial charge in [0.2, 0.25) is 0 Å². The molecule has 0 radical (unpaired) electrons. The van der Waals surface area contributed by atoms with Gasteiger partial charge in [-0.05, 0) is 18.2 Å². The van der Waals surface area contributed by atoms with Crippen LogP contribution in [-0.2, 0) is 20.4 Å². The molecule has 0 spiro atoms. The van der Waals surface area contributed by atoms with Gasteiger partial charge in [-0.25, -0.2) is 9.18 Å². The third-order valence-electron chi connectivity index (χ3n) is 3.34. The number of carbonyl (C=O) groups excluding carboxylic acids is 2. The maximum atomic E-state index is 13.1. The van der Waals surface area contributed by atoms with Crippen molar-refractivity contribution in [2.45, 2.75) is 12.3 Å². The molecule has 1 amide bonds. The van der Waals surface area contributed by atoms with Crippen molar-refractivity contribution in [1.82, 2.24) is 4.90 Å². The molecule has 23 heavy (non-hydrogen) atoms. The quantitative estimate of drug-likeness (QED) is 0.611. The molecular formula is C14H13F4NO4. The van der Waals surface area contributed by atoms with Crippen LogP contribution in [0.3, 0.4) is 0 Å². The molecule has 2 rings (SSSR count). The second-order valence-corrected chi connectivity index (χ2v) is 4.82. The molecular weight excluding hydrogens is 322 g/mol. The van der Waals surface area contributed by atoms with E-state index in [9.17, 15) is 27.2 Å². The lowest BCUT2D eigenvalue weighted by molar-refractivity contribution is -0.158. The van der Waals surface area contributed by atoms with Gasteiger partial charge in [0.15, 0.2) is 6.10 Å². The molecule has 1 fully saturated rings. The summed E-state index contributed by atoms with van der Waals surface area (Å²) in [4.78, 5) is 24.8. The Balaban J connectivity index is 2.28. The van der Waals surface area contributed by atoms with Gasteiger partial charge in [-0.3, -0.25) is 4.79 Å². The molecule has 0 saturated carbocycles. The topological polar surface area (TPSA) is 55.8 Å². The largest absolute Gasteiger partial charge is 0.467 e. The first-order chi connectivity index (χ1) is 10.7. The normalized spacial score (nSPS) is 18.7. The number of nitrogens with zero attached hydrogens (tertiary/aromatic N) is 1. The number of amides is 1. The van der Waals surface area contributed by atoms with Crippen molar-refractivity contribution in [3.05, 3.63) is 35.1 Å². The Labute approximate surface area is 128 Å². The molecule has 0 bridgehead atoms. The number of esters is 1. The van der Waals surface area contributed by atoms with E-state index in [1.807, 2.05) is 0 Å². The zero-order valence-corrected chi connectivity index (χ0v) is 12.0. The lowest BCUT2D eigenvalue weighted by Gasteiger charge is -2.32. The second-order valence-electron chi connectivity index (χ2n) is 4.82. The maximum Gasteiger partial charge on any atom is 0.417 e. The first kappa shape index (κ1) is 17.2. The van der Waals surface area contributed by atoms with Gasteiger partial charge >= 0.3 is 12.1 Å². The fraction of sp³-hybridized carbons (Fsp3) is 0.429. The minimum Gasteiger partial charge on any atom is -0.467 e. The van der Waals surface area contributed by atoms with Crippen LogP contribution in [0.2, 0.25) is 0 Å². The van der Waals surface area contributed by atoms with Gasteiger partial charge in [-0.15, -0.1) is 0 Å². The average Bonchev–Trinajstić information content (AvgIpc) is 2.52. The fourth-order valence-electron chi connectivity index (χ4n) is 2.22. The zero-order valence-electron chi connectivity index (χ0n) is 12.0. The molecule has 0 aromatic heterocycles. The van der Waals surface area contributed by atoms with E-state index in [0.717, 1.165) is 24.1 Å². The molecule has 1 atom stereocenters. The molecule has 9 heteroatoms. The van der Waals surface area contributed by atoms with E-state index in [-0.39, 0.29) is 25.8 Å². The summed E-state index contributed by atoms with van der Waals surface area (Å²) in [6.45, 7) is -0.241. The van der Waals surface area contributed by atoms with E-state index in [1.165, 1.54) is 0 Å². The molecule has 0 aliphatic carbocycles. The molecule has 126 valence electrons. The predicted molar refractivity (Wildman–Crippen MR) is 69.1 cm³/mol. The summed E-state index contributed by atoms with van der Waals surface area (Å²) in [6, 6.07) is 1.83. The Morgan fingerprint density at radius 2 is 2.04 bits per heavy atom. The number of ether oxygens (including phenoxy) is 2. The molecule has 5 nitrogen and oxygen atoms in total. The summed E-state index contributed by atoms with van der Waals surface area (Å²) in [5.74, 6) is -2.77. The summed E-state index contributed by atoms with van der Waals surface area (Å²) >= 11 is 0. The molecule has 1 heterocycles.